The Balaban J connectivity index is 1.82. The lowest BCUT2D eigenvalue weighted by Gasteiger charge is -2.21. The molecule has 0 radical (unpaired) electrons. The number of carbonyl (C=O) groups excluding carboxylic acids is 1. The highest BCUT2D eigenvalue weighted by Gasteiger charge is 2.28. The summed E-state index contributed by atoms with van der Waals surface area (Å²) in [6.07, 6.45) is 2.54. The van der Waals surface area contributed by atoms with E-state index in [1.54, 1.807) is 4.90 Å². The molecule has 0 saturated carbocycles. The number of ether oxygens (including phenoxy) is 1. The molecule has 1 atom stereocenters. The first-order valence-electron chi connectivity index (χ1n) is 8.93. The van der Waals surface area contributed by atoms with E-state index in [2.05, 4.69) is 12.1 Å². The van der Waals surface area contributed by atoms with Crippen LogP contribution in [0.5, 0.6) is 5.75 Å². The number of carbonyl (C=O) groups is 1. The fourth-order valence-electron chi connectivity index (χ4n) is 3.50. The van der Waals surface area contributed by atoms with Crippen LogP contribution >= 0.6 is 0 Å². The van der Waals surface area contributed by atoms with Gasteiger partial charge in [-0.05, 0) is 36.8 Å². The average Bonchev–Trinajstić information content (AvgIpc) is 3.14. The Morgan fingerprint density at radius 2 is 1.71 bits per heavy atom. The Morgan fingerprint density at radius 3 is 2.33 bits per heavy atom. The molecule has 3 rings (SSSR count). The van der Waals surface area contributed by atoms with Gasteiger partial charge in [-0.15, -0.1) is 0 Å². The second-order valence-corrected chi connectivity index (χ2v) is 6.45. The third kappa shape index (κ3) is 4.04. The third-order valence-corrected chi connectivity index (χ3v) is 4.77. The van der Waals surface area contributed by atoms with Crippen molar-refractivity contribution < 1.29 is 14.4 Å². The van der Waals surface area contributed by atoms with Gasteiger partial charge in [0.15, 0.2) is 5.78 Å². The summed E-state index contributed by atoms with van der Waals surface area (Å²) in [5.41, 5.74) is 1.89. The van der Waals surface area contributed by atoms with Gasteiger partial charge < -0.3 is 9.64 Å². The average molecular weight is 324 g/mol. The van der Waals surface area contributed by atoms with Gasteiger partial charge in [-0.2, -0.15) is 0 Å². The van der Waals surface area contributed by atoms with Crippen LogP contribution in [-0.2, 0) is 0 Å². The second-order valence-electron chi connectivity index (χ2n) is 6.45. The highest BCUT2D eigenvalue weighted by atomic mass is 16.5. The molecule has 0 spiro atoms. The van der Waals surface area contributed by atoms with Gasteiger partial charge in [-0.25, -0.2) is 0 Å². The molecule has 1 fully saturated rings. The van der Waals surface area contributed by atoms with Crippen LogP contribution in [0.3, 0.4) is 0 Å². The molecule has 0 unspecified atom stereocenters. The lowest BCUT2D eigenvalue weighted by Crippen LogP contribution is -3.10. The second kappa shape index (κ2) is 8.11. The summed E-state index contributed by atoms with van der Waals surface area (Å²) in [5, 5.41) is 0. The summed E-state index contributed by atoms with van der Waals surface area (Å²) in [5.74, 6) is 0.955. The number of quaternary nitrogens is 1. The van der Waals surface area contributed by atoms with E-state index in [9.17, 15) is 4.79 Å². The zero-order valence-corrected chi connectivity index (χ0v) is 14.3. The van der Waals surface area contributed by atoms with E-state index in [1.807, 2.05) is 49.4 Å². The standard InChI is InChI=1S/C21H25NO2/c1-2-24-19-12-10-18(11-13-19)21(23)20(16-22-14-6-7-15-22)17-8-4-3-5-9-17/h3-5,8-13,20H,2,6-7,14-16H2,1H3/p+1/t20-/m1/s1. The molecule has 1 saturated heterocycles. The summed E-state index contributed by atoms with van der Waals surface area (Å²) >= 11 is 0. The largest absolute Gasteiger partial charge is 0.494 e. The van der Waals surface area contributed by atoms with Crippen molar-refractivity contribution in [1.29, 1.82) is 0 Å². The van der Waals surface area contributed by atoms with Gasteiger partial charge in [-0.3, -0.25) is 4.79 Å². The molecule has 1 aliphatic rings. The maximum absolute atomic E-state index is 13.1. The molecule has 0 amide bonds. The Morgan fingerprint density at radius 1 is 1.04 bits per heavy atom. The van der Waals surface area contributed by atoms with E-state index in [4.69, 9.17) is 4.74 Å². The van der Waals surface area contributed by atoms with Gasteiger partial charge in [0.1, 0.15) is 5.75 Å². The van der Waals surface area contributed by atoms with Crippen molar-refractivity contribution in [3.05, 3.63) is 65.7 Å². The lowest BCUT2D eigenvalue weighted by atomic mass is 9.90. The van der Waals surface area contributed by atoms with Crippen molar-refractivity contribution in [3.8, 4) is 5.75 Å². The first-order valence-corrected chi connectivity index (χ1v) is 8.93. The molecule has 0 bridgehead atoms. The topological polar surface area (TPSA) is 30.7 Å². The number of hydrogen-bond donors (Lipinski definition) is 1. The zero-order chi connectivity index (χ0) is 16.8. The molecular formula is C21H26NO2+. The Bertz CT molecular complexity index is 645. The maximum Gasteiger partial charge on any atom is 0.175 e. The molecule has 0 aliphatic carbocycles. The minimum absolute atomic E-state index is 0.0720. The molecule has 24 heavy (non-hydrogen) atoms. The molecule has 2 aromatic carbocycles. The summed E-state index contributed by atoms with van der Waals surface area (Å²) < 4.78 is 5.48. The van der Waals surface area contributed by atoms with Crippen LogP contribution < -0.4 is 9.64 Å². The van der Waals surface area contributed by atoms with Crippen molar-refractivity contribution >= 4 is 5.78 Å². The highest BCUT2D eigenvalue weighted by molar-refractivity contribution is 6.01. The smallest absolute Gasteiger partial charge is 0.175 e. The minimum atomic E-state index is -0.0720. The molecule has 126 valence electrons. The fraction of sp³-hybridized carbons (Fsp3) is 0.381. The van der Waals surface area contributed by atoms with Crippen molar-refractivity contribution in [3.63, 3.8) is 0 Å². The van der Waals surface area contributed by atoms with E-state index in [0.29, 0.717) is 6.61 Å². The number of rotatable bonds is 7. The van der Waals surface area contributed by atoms with Crippen LogP contribution in [-0.4, -0.2) is 32.0 Å². The van der Waals surface area contributed by atoms with Gasteiger partial charge in [0.25, 0.3) is 0 Å². The molecule has 3 heteroatoms. The van der Waals surface area contributed by atoms with Crippen molar-refractivity contribution in [1.82, 2.24) is 0 Å². The summed E-state index contributed by atoms with van der Waals surface area (Å²) in [7, 11) is 0. The number of likely N-dealkylation sites (tertiary alicyclic amines) is 1. The van der Waals surface area contributed by atoms with Gasteiger partial charge in [0, 0.05) is 18.4 Å². The zero-order valence-electron chi connectivity index (χ0n) is 14.3. The van der Waals surface area contributed by atoms with Crippen LogP contribution in [0, 0.1) is 0 Å². The number of benzene rings is 2. The third-order valence-electron chi connectivity index (χ3n) is 4.77. The van der Waals surface area contributed by atoms with Gasteiger partial charge in [-0.1, -0.05) is 30.3 Å². The molecule has 0 aromatic heterocycles. The summed E-state index contributed by atoms with van der Waals surface area (Å²) in [6, 6.07) is 17.8. The number of hydrogen-bond acceptors (Lipinski definition) is 2. The minimum Gasteiger partial charge on any atom is -0.494 e. The van der Waals surface area contributed by atoms with Crippen LogP contribution in [0.4, 0.5) is 0 Å². The normalized spacial score (nSPS) is 16.0. The number of ketones is 1. The highest BCUT2D eigenvalue weighted by Crippen LogP contribution is 2.22. The van der Waals surface area contributed by atoms with Gasteiger partial charge in [0.05, 0.1) is 32.2 Å². The number of Topliss-reactive ketones (excluding diaryl/α,β-unsaturated/α-hetero) is 1. The van der Waals surface area contributed by atoms with Crippen LogP contribution in [0.25, 0.3) is 0 Å². The van der Waals surface area contributed by atoms with E-state index >= 15 is 0 Å². The monoisotopic (exact) mass is 324 g/mol. The quantitative estimate of drug-likeness (QED) is 0.794. The van der Waals surface area contributed by atoms with Crippen LogP contribution in [0.15, 0.2) is 54.6 Å². The van der Waals surface area contributed by atoms with Crippen molar-refractivity contribution in [2.45, 2.75) is 25.7 Å². The van der Waals surface area contributed by atoms with Crippen LogP contribution in [0.1, 0.15) is 41.6 Å². The molecule has 1 heterocycles. The van der Waals surface area contributed by atoms with Crippen LogP contribution in [0.2, 0.25) is 0 Å². The van der Waals surface area contributed by atoms with Crippen molar-refractivity contribution in [2.75, 3.05) is 26.2 Å². The van der Waals surface area contributed by atoms with E-state index in [-0.39, 0.29) is 11.7 Å². The maximum atomic E-state index is 13.1. The Hall–Kier alpha value is -2.13. The fourth-order valence-corrected chi connectivity index (χ4v) is 3.50. The van der Waals surface area contributed by atoms with E-state index in [1.165, 1.54) is 25.9 Å². The predicted molar refractivity (Wildman–Crippen MR) is 95.9 cm³/mol. The molecular weight excluding hydrogens is 298 g/mol. The Labute approximate surface area is 144 Å². The van der Waals surface area contributed by atoms with Crippen molar-refractivity contribution in [2.24, 2.45) is 0 Å². The SMILES string of the molecule is CCOc1ccc(C(=O)[C@H](C[NH+]2CCCC2)c2ccccc2)cc1. The number of nitrogens with one attached hydrogen (secondary N) is 1. The van der Waals surface area contributed by atoms with Gasteiger partial charge >= 0.3 is 0 Å². The van der Waals surface area contributed by atoms with Gasteiger partial charge in [0.2, 0.25) is 0 Å². The molecule has 1 aliphatic heterocycles. The first kappa shape index (κ1) is 16.7. The van der Waals surface area contributed by atoms with E-state index < -0.39 is 0 Å². The lowest BCUT2D eigenvalue weighted by molar-refractivity contribution is -0.887. The molecule has 3 nitrogen and oxygen atoms in total. The summed E-state index contributed by atoms with van der Waals surface area (Å²) in [4.78, 5) is 14.7. The summed E-state index contributed by atoms with van der Waals surface area (Å²) in [6.45, 7) is 5.84. The predicted octanol–water partition coefficient (Wildman–Crippen LogP) is 2.73. The first-order chi connectivity index (χ1) is 11.8. The van der Waals surface area contributed by atoms with E-state index in [0.717, 1.165) is 23.4 Å². The molecule has 2 aromatic rings. The molecule has 1 N–H and O–H groups in total. The Kier molecular flexibility index (Phi) is 5.65.